The van der Waals surface area contributed by atoms with Crippen molar-refractivity contribution in [3.05, 3.63) is 22.7 Å². The number of benzene rings is 1. The molecule has 1 fully saturated rings. The van der Waals surface area contributed by atoms with Crippen molar-refractivity contribution in [1.29, 1.82) is 0 Å². The fourth-order valence-electron chi connectivity index (χ4n) is 2.38. The minimum absolute atomic E-state index is 0.0114. The molecule has 0 amide bonds. The van der Waals surface area contributed by atoms with E-state index in [1.807, 2.05) is 0 Å². The van der Waals surface area contributed by atoms with Gasteiger partial charge in [-0.15, -0.1) is 0 Å². The SMILES string of the molecule is Cc1cc(Cl)c(S(=O)(=O)NC2CCCCC2)cc1N. The van der Waals surface area contributed by atoms with Crippen LogP contribution in [0.3, 0.4) is 0 Å². The molecule has 6 heteroatoms. The third-order valence-corrected chi connectivity index (χ3v) is 5.52. The van der Waals surface area contributed by atoms with E-state index >= 15 is 0 Å². The van der Waals surface area contributed by atoms with E-state index in [2.05, 4.69) is 4.72 Å². The van der Waals surface area contributed by atoms with Crippen molar-refractivity contribution in [3.8, 4) is 0 Å². The Bertz CT molecular complexity index is 566. The highest BCUT2D eigenvalue weighted by Gasteiger charge is 2.24. The molecule has 0 atom stereocenters. The number of nitrogens with one attached hydrogen (secondary N) is 1. The molecule has 0 radical (unpaired) electrons. The molecule has 0 aromatic heterocycles. The van der Waals surface area contributed by atoms with E-state index in [0.29, 0.717) is 5.69 Å². The smallest absolute Gasteiger partial charge is 0.242 e. The van der Waals surface area contributed by atoms with E-state index in [0.717, 1.165) is 31.2 Å². The van der Waals surface area contributed by atoms with Crippen molar-refractivity contribution < 1.29 is 8.42 Å². The van der Waals surface area contributed by atoms with E-state index in [1.54, 1.807) is 13.0 Å². The van der Waals surface area contributed by atoms with E-state index < -0.39 is 10.0 Å². The second-order valence-corrected chi connectivity index (χ2v) is 7.19. The van der Waals surface area contributed by atoms with E-state index in [4.69, 9.17) is 17.3 Å². The lowest BCUT2D eigenvalue weighted by atomic mass is 9.96. The van der Waals surface area contributed by atoms with Crippen LogP contribution in [0.25, 0.3) is 0 Å². The van der Waals surface area contributed by atoms with Gasteiger partial charge in [0.05, 0.1) is 5.02 Å². The third-order valence-electron chi connectivity index (χ3n) is 3.54. The molecule has 4 nitrogen and oxygen atoms in total. The number of nitrogens with two attached hydrogens (primary N) is 1. The van der Waals surface area contributed by atoms with Crippen molar-refractivity contribution in [2.24, 2.45) is 0 Å². The predicted octanol–water partition coefficient (Wildman–Crippen LogP) is 2.84. The van der Waals surface area contributed by atoms with Crippen LogP contribution in [0, 0.1) is 6.92 Å². The zero-order valence-corrected chi connectivity index (χ0v) is 12.5. The highest BCUT2D eigenvalue weighted by atomic mass is 35.5. The van der Waals surface area contributed by atoms with Crippen LogP contribution in [0.15, 0.2) is 17.0 Å². The molecular weight excluding hydrogens is 284 g/mol. The van der Waals surface area contributed by atoms with Gasteiger partial charge in [0, 0.05) is 11.7 Å². The molecule has 106 valence electrons. The van der Waals surface area contributed by atoms with E-state index in [9.17, 15) is 8.42 Å². The Labute approximate surface area is 119 Å². The first-order valence-electron chi connectivity index (χ1n) is 6.48. The molecule has 1 aliphatic carbocycles. The summed E-state index contributed by atoms with van der Waals surface area (Å²) in [4.78, 5) is 0.0721. The van der Waals surface area contributed by atoms with Crippen LogP contribution in [0.5, 0.6) is 0 Å². The molecule has 19 heavy (non-hydrogen) atoms. The largest absolute Gasteiger partial charge is 0.398 e. The maximum Gasteiger partial charge on any atom is 0.242 e. The number of hydrogen-bond acceptors (Lipinski definition) is 3. The summed E-state index contributed by atoms with van der Waals surface area (Å²) in [6.45, 7) is 1.80. The molecule has 0 spiro atoms. The summed E-state index contributed by atoms with van der Waals surface area (Å²) in [5.41, 5.74) is 6.99. The molecule has 3 N–H and O–H groups in total. The fraction of sp³-hybridized carbons (Fsp3) is 0.538. The Morgan fingerprint density at radius 2 is 1.89 bits per heavy atom. The molecule has 0 heterocycles. The number of anilines is 1. The maximum absolute atomic E-state index is 12.3. The highest BCUT2D eigenvalue weighted by Crippen LogP contribution is 2.28. The van der Waals surface area contributed by atoms with Crippen LogP contribution in [0.4, 0.5) is 5.69 Å². The Balaban J connectivity index is 2.26. The summed E-state index contributed by atoms with van der Waals surface area (Å²) >= 11 is 6.03. The second kappa shape index (κ2) is 5.69. The van der Waals surface area contributed by atoms with Gasteiger partial charge in [-0.25, -0.2) is 13.1 Å². The quantitative estimate of drug-likeness (QED) is 0.843. The maximum atomic E-state index is 12.3. The lowest BCUT2D eigenvalue weighted by molar-refractivity contribution is 0.412. The van der Waals surface area contributed by atoms with Gasteiger partial charge in [0.25, 0.3) is 0 Å². The average Bonchev–Trinajstić information content (AvgIpc) is 2.34. The molecule has 0 saturated heterocycles. The minimum atomic E-state index is -3.59. The summed E-state index contributed by atoms with van der Waals surface area (Å²) in [6, 6.07) is 3.03. The van der Waals surface area contributed by atoms with Gasteiger partial charge in [-0.05, 0) is 37.5 Å². The van der Waals surface area contributed by atoms with Gasteiger partial charge < -0.3 is 5.73 Å². The molecule has 0 aliphatic heterocycles. The molecule has 2 rings (SSSR count). The molecule has 1 saturated carbocycles. The number of sulfonamides is 1. The van der Waals surface area contributed by atoms with E-state index in [-0.39, 0.29) is 16.0 Å². The minimum Gasteiger partial charge on any atom is -0.398 e. The standard InChI is InChI=1S/C13H19ClN2O2S/c1-9-7-11(14)13(8-12(9)15)19(17,18)16-10-5-3-2-4-6-10/h7-8,10,16H,2-6,15H2,1H3. The van der Waals surface area contributed by atoms with Crippen molar-refractivity contribution in [2.45, 2.75) is 50.0 Å². The Kier molecular flexibility index (Phi) is 4.38. The molecule has 1 aromatic carbocycles. The number of hydrogen-bond donors (Lipinski definition) is 2. The predicted molar refractivity (Wildman–Crippen MR) is 77.8 cm³/mol. The third kappa shape index (κ3) is 3.41. The molecule has 0 bridgehead atoms. The van der Waals surface area contributed by atoms with Crippen LogP contribution in [0.2, 0.25) is 5.02 Å². The summed E-state index contributed by atoms with van der Waals surface area (Å²) in [6.07, 6.45) is 5.08. The monoisotopic (exact) mass is 302 g/mol. The van der Waals surface area contributed by atoms with Gasteiger partial charge in [0.1, 0.15) is 4.90 Å². The number of nitrogen functional groups attached to an aromatic ring is 1. The summed E-state index contributed by atoms with van der Waals surface area (Å²) < 4.78 is 27.4. The Morgan fingerprint density at radius 3 is 2.53 bits per heavy atom. The van der Waals surface area contributed by atoms with Gasteiger partial charge in [0.15, 0.2) is 0 Å². The zero-order valence-electron chi connectivity index (χ0n) is 10.9. The number of rotatable bonds is 3. The normalized spacial score (nSPS) is 17.6. The zero-order chi connectivity index (χ0) is 14.0. The molecular formula is C13H19ClN2O2S. The van der Waals surface area contributed by atoms with Crippen molar-refractivity contribution in [2.75, 3.05) is 5.73 Å². The summed E-state index contributed by atoms with van der Waals surface area (Å²) in [5.74, 6) is 0. The van der Waals surface area contributed by atoms with Crippen molar-refractivity contribution in [3.63, 3.8) is 0 Å². The van der Waals surface area contributed by atoms with Gasteiger partial charge in [-0.1, -0.05) is 30.9 Å². The van der Waals surface area contributed by atoms with E-state index in [1.165, 1.54) is 12.5 Å². The Morgan fingerprint density at radius 1 is 1.26 bits per heavy atom. The molecule has 1 aliphatic rings. The number of aryl methyl sites for hydroxylation is 1. The van der Waals surface area contributed by atoms with Crippen LogP contribution in [-0.2, 0) is 10.0 Å². The average molecular weight is 303 g/mol. The molecule has 1 aromatic rings. The topological polar surface area (TPSA) is 72.2 Å². The van der Waals surface area contributed by atoms with Crippen LogP contribution >= 0.6 is 11.6 Å². The first kappa shape index (κ1) is 14.6. The second-order valence-electron chi connectivity index (χ2n) is 5.10. The highest BCUT2D eigenvalue weighted by molar-refractivity contribution is 7.89. The van der Waals surface area contributed by atoms with Crippen LogP contribution in [0.1, 0.15) is 37.7 Å². The van der Waals surface area contributed by atoms with Crippen molar-refractivity contribution >= 4 is 27.3 Å². The molecule has 0 unspecified atom stereocenters. The van der Waals surface area contributed by atoms with Gasteiger partial charge in [0.2, 0.25) is 10.0 Å². The first-order chi connectivity index (χ1) is 8.90. The van der Waals surface area contributed by atoms with Gasteiger partial charge >= 0.3 is 0 Å². The van der Waals surface area contributed by atoms with Gasteiger partial charge in [-0.2, -0.15) is 0 Å². The van der Waals surface area contributed by atoms with Crippen molar-refractivity contribution in [1.82, 2.24) is 4.72 Å². The van der Waals surface area contributed by atoms with Gasteiger partial charge in [-0.3, -0.25) is 0 Å². The lowest BCUT2D eigenvalue weighted by Crippen LogP contribution is -2.36. The Hall–Kier alpha value is -0.780. The van der Waals surface area contributed by atoms with Crippen LogP contribution < -0.4 is 10.5 Å². The summed E-state index contributed by atoms with van der Waals surface area (Å²) in [7, 11) is -3.59. The first-order valence-corrected chi connectivity index (χ1v) is 8.34. The number of halogens is 1. The van der Waals surface area contributed by atoms with Crippen LogP contribution in [-0.4, -0.2) is 14.5 Å². The summed E-state index contributed by atoms with van der Waals surface area (Å²) in [5, 5.41) is 0.218. The lowest BCUT2D eigenvalue weighted by Gasteiger charge is -2.23. The fourth-order valence-corrected chi connectivity index (χ4v) is 4.30.